The van der Waals surface area contributed by atoms with Gasteiger partial charge in [-0.3, -0.25) is 4.79 Å². The molecule has 0 fully saturated rings. The Balaban J connectivity index is 1.45. The van der Waals surface area contributed by atoms with Gasteiger partial charge in [-0.15, -0.1) is 0 Å². The van der Waals surface area contributed by atoms with Crippen LogP contribution in [0.25, 0.3) is 11.6 Å². The van der Waals surface area contributed by atoms with Crippen molar-refractivity contribution in [1.82, 2.24) is 10.1 Å². The van der Waals surface area contributed by atoms with Gasteiger partial charge < -0.3 is 19.0 Å². The molecule has 0 saturated carbocycles. The van der Waals surface area contributed by atoms with Gasteiger partial charge in [0.25, 0.3) is 5.91 Å². The Bertz CT molecular complexity index is 1070. The smallest absolute Gasteiger partial charge is 0.265 e. The van der Waals surface area contributed by atoms with Crippen molar-refractivity contribution in [3.8, 4) is 17.3 Å². The SMILES string of the molecule is CC(Oc1ccccc1)C(=O)Nc1ccccc1Cc1nc(-c2ccco2)no1. The first-order valence-electron chi connectivity index (χ1n) is 9.16. The fraction of sp³-hybridized carbons (Fsp3) is 0.136. The van der Waals surface area contributed by atoms with E-state index in [1.54, 1.807) is 25.3 Å². The quantitative estimate of drug-likeness (QED) is 0.506. The fourth-order valence-corrected chi connectivity index (χ4v) is 2.78. The highest BCUT2D eigenvalue weighted by Crippen LogP contribution is 2.22. The molecule has 0 saturated heterocycles. The molecule has 2 heterocycles. The molecular weight excluding hydrogens is 370 g/mol. The number of rotatable bonds is 7. The minimum absolute atomic E-state index is 0.247. The summed E-state index contributed by atoms with van der Waals surface area (Å²) in [6.45, 7) is 1.71. The lowest BCUT2D eigenvalue weighted by Gasteiger charge is -2.16. The zero-order valence-corrected chi connectivity index (χ0v) is 15.7. The van der Waals surface area contributed by atoms with Crippen LogP contribution >= 0.6 is 0 Å². The Kier molecular flexibility index (Phi) is 5.38. The lowest BCUT2D eigenvalue weighted by atomic mass is 10.1. The van der Waals surface area contributed by atoms with Crippen molar-refractivity contribution < 1.29 is 18.5 Å². The van der Waals surface area contributed by atoms with Crippen molar-refractivity contribution >= 4 is 11.6 Å². The molecule has 2 aromatic heterocycles. The molecule has 0 aliphatic carbocycles. The van der Waals surface area contributed by atoms with Crippen LogP contribution in [0.3, 0.4) is 0 Å². The number of anilines is 1. The molecule has 1 N–H and O–H groups in total. The summed E-state index contributed by atoms with van der Waals surface area (Å²) in [6.07, 6.45) is 1.27. The zero-order valence-electron chi connectivity index (χ0n) is 15.7. The number of carbonyl (C=O) groups excluding carboxylic acids is 1. The van der Waals surface area contributed by atoms with E-state index >= 15 is 0 Å². The number of hydrogen-bond acceptors (Lipinski definition) is 6. The lowest BCUT2D eigenvalue weighted by molar-refractivity contribution is -0.122. The van der Waals surface area contributed by atoms with E-state index in [1.807, 2.05) is 54.6 Å². The van der Waals surface area contributed by atoms with Gasteiger partial charge >= 0.3 is 0 Å². The van der Waals surface area contributed by atoms with Crippen molar-refractivity contribution in [2.75, 3.05) is 5.32 Å². The highest BCUT2D eigenvalue weighted by molar-refractivity contribution is 5.94. The molecule has 0 aliphatic heterocycles. The molecule has 7 heteroatoms. The summed E-state index contributed by atoms with van der Waals surface area (Å²) in [5.41, 5.74) is 1.51. The average molecular weight is 389 g/mol. The lowest BCUT2D eigenvalue weighted by Crippen LogP contribution is -2.30. The van der Waals surface area contributed by atoms with Gasteiger partial charge in [0.2, 0.25) is 11.7 Å². The Hall–Kier alpha value is -3.87. The van der Waals surface area contributed by atoms with Gasteiger partial charge in [-0.1, -0.05) is 41.6 Å². The van der Waals surface area contributed by atoms with Crippen LogP contribution in [-0.2, 0) is 11.2 Å². The highest BCUT2D eigenvalue weighted by atomic mass is 16.5. The van der Waals surface area contributed by atoms with Crippen LogP contribution in [0.5, 0.6) is 5.75 Å². The van der Waals surface area contributed by atoms with E-state index in [0.717, 1.165) is 5.56 Å². The molecule has 146 valence electrons. The number of nitrogens with one attached hydrogen (secondary N) is 1. The third-order valence-electron chi connectivity index (χ3n) is 4.25. The number of amides is 1. The largest absolute Gasteiger partial charge is 0.481 e. The Morgan fingerprint density at radius 3 is 2.66 bits per heavy atom. The van der Waals surface area contributed by atoms with E-state index in [4.69, 9.17) is 13.7 Å². The van der Waals surface area contributed by atoms with E-state index in [9.17, 15) is 4.79 Å². The number of nitrogens with zero attached hydrogens (tertiary/aromatic N) is 2. The molecular formula is C22H19N3O4. The topological polar surface area (TPSA) is 90.4 Å². The first-order valence-corrected chi connectivity index (χ1v) is 9.16. The first-order chi connectivity index (χ1) is 14.2. The van der Waals surface area contributed by atoms with Crippen LogP contribution in [0.4, 0.5) is 5.69 Å². The average Bonchev–Trinajstić information content (AvgIpc) is 3.42. The summed E-state index contributed by atoms with van der Waals surface area (Å²) >= 11 is 0. The molecule has 0 bridgehead atoms. The minimum atomic E-state index is -0.653. The zero-order chi connectivity index (χ0) is 20.1. The molecule has 1 atom stereocenters. The van der Waals surface area contributed by atoms with E-state index in [1.165, 1.54) is 0 Å². The van der Waals surface area contributed by atoms with E-state index in [-0.39, 0.29) is 5.91 Å². The van der Waals surface area contributed by atoms with E-state index in [0.29, 0.717) is 35.3 Å². The molecule has 0 aliphatic rings. The molecule has 1 unspecified atom stereocenters. The molecule has 4 aromatic rings. The summed E-state index contributed by atoms with van der Waals surface area (Å²) in [6, 6.07) is 20.2. The number of ether oxygens (including phenoxy) is 1. The van der Waals surface area contributed by atoms with Crippen LogP contribution in [0.1, 0.15) is 18.4 Å². The summed E-state index contributed by atoms with van der Waals surface area (Å²) in [5, 5.41) is 6.85. The number of benzene rings is 2. The van der Waals surface area contributed by atoms with Gasteiger partial charge in [-0.2, -0.15) is 4.98 Å². The van der Waals surface area contributed by atoms with Crippen molar-refractivity contribution in [2.45, 2.75) is 19.4 Å². The maximum Gasteiger partial charge on any atom is 0.265 e. The normalized spacial score (nSPS) is 11.8. The Morgan fingerprint density at radius 2 is 1.86 bits per heavy atom. The molecule has 29 heavy (non-hydrogen) atoms. The second-order valence-corrected chi connectivity index (χ2v) is 6.39. The number of aromatic nitrogens is 2. The third-order valence-corrected chi connectivity index (χ3v) is 4.25. The number of carbonyl (C=O) groups is 1. The van der Waals surface area contributed by atoms with Crippen LogP contribution in [0.2, 0.25) is 0 Å². The molecule has 0 spiro atoms. The summed E-state index contributed by atoms with van der Waals surface area (Å²) in [7, 11) is 0. The Labute approximate surface area is 167 Å². The standard InChI is InChI=1S/C22H19N3O4/c1-15(28-17-9-3-2-4-10-17)22(26)23-18-11-6-5-8-16(18)14-20-24-21(25-29-20)19-12-7-13-27-19/h2-13,15H,14H2,1H3,(H,23,26). The monoisotopic (exact) mass is 389 g/mol. The van der Waals surface area contributed by atoms with Gasteiger partial charge in [0.05, 0.1) is 12.7 Å². The maximum atomic E-state index is 12.6. The van der Waals surface area contributed by atoms with Gasteiger partial charge in [-0.25, -0.2) is 0 Å². The van der Waals surface area contributed by atoms with E-state index in [2.05, 4.69) is 15.5 Å². The highest BCUT2D eigenvalue weighted by Gasteiger charge is 2.18. The third kappa shape index (κ3) is 4.52. The van der Waals surface area contributed by atoms with Gasteiger partial charge in [0, 0.05) is 5.69 Å². The number of furan rings is 1. The molecule has 0 radical (unpaired) electrons. The van der Waals surface area contributed by atoms with Crippen molar-refractivity contribution in [2.24, 2.45) is 0 Å². The van der Waals surface area contributed by atoms with Crippen molar-refractivity contribution in [1.29, 1.82) is 0 Å². The number of hydrogen-bond donors (Lipinski definition) is 1. The van der Waals surface area contributed by atoms with Gasteiger partial charge in [-0.05, 0) is 42.8 Å². The van der Waals surface area contributed by atoms with E-state index < -0.39 is 6.10 Å². The molecule has 1 amide bonds. The van der Waals surface area contributed by atoms with Crippen LogP contribution in [-0.4, -0.2) is 22.2 Å². The van der Waals surface area contributed by atoms with Crippen LogP contribution in [0, 0.1) is 0 Å². The summed E-state index contributed by atoms with van der Waals surface area (Å²) in [5.74, 6) is 1.74. The Morgan fingerprint density at radius 1 is 1.07 bits per heavy atom. The first kappa shape index (κ1) is 18.5. The van der Waals surface area contributed by atoms with Crippen LogP contribution in [0.15, 0.2) is 81.9 Å². The van der Waals surface area contributed by atoms with Crippen molar-refractivity contribution in [3.05, 3.63) is 84.4 Å². The van der Waals surface area contributed by atoms with Crippen LogP contribution < -0.4 is 10.1 Å². The fourth-order valence-electron chi connectivity index (χ4n) is 2.78. The summed E-state index contributed by atoms with van der Waals surface area (Å²) < 4.78 is 16.3. The molecule has 2 aromatic carbocycles. The molecule has 4 rings (SSSR count). The minimum Gasteiger partial charge on any atom is -0.481 e. The summed E-state index contributed by atoms with van der Waals surface area (Å²) in [4.78, 5) is 16.9. The predicted octanol–water partition coefficient (Wildman–Crippen LogP) is 4.33. The predicted molar refractivity (Wildman–Crippen MR) is 106 cm³/mol. The van der Waals surface area contributed by atoms with Crippen molar-refractivity contribution in [3.63, 3.8) is 0 Å². The maximum absolute atomic E-state index is 12.6. The second kappa shape index (κ2) is 8.43. The molecule has 7 nitrogen and oxygen atoms in total. The van der Waals surface area contributed by atoms with Gasteiger partial charge in [0.15, 0.2) is 11.9 Å². The van der Waals surface area contributed by atoms with Gasteiger partial charge in [0.1, 0.15) is 5.75 Å². The second-order valence-electron chi connectivity index (χ2n) is 6.39. The number of para-hydroxylation sites is 2.